The van der Waals surface area contributed by atoms with E-state index >= 15 is 0 Å². The van der Waals surface area contributed by atoms with E-state index in [0.717, 1.165) is 24.1 Å². The van der Waals surface area contributed by atoms with Crippen molar-refractivity contribution < 1.29 is 19.4 Å². The lowest BCUT2D eigenvalue weighted by Crippen LogP contribution is -2.53. The number of esters is 1. The summed E-state index contributed by atoms with van der Waals surface area (Å²) in [5, 5.41) is 12.6. The molecule has 0 aliphatic carbocycles. The fourth-order valence-electron chi connectivity index (χ4n) is 3.39. The Hall–Kier alpha value is -1.77. The van der Waals surface area contributed by atoms with Gasteiger partial charge < -0.3 is 14.6 Å². The van der Waals surface area contributed by atoms with Crippen molar-refractivity contribution in [3.8, 4) is 0 Å². The molecule has 29 heavy (non-hydrogen) atoms. The topological polar surface area (TPSA) is 71.9 Å². The zero-order valence-electron chi connectivity index (χ0n) is 16.7. The van der Waals surface area contributed by atoms with Crippen LogP contribution in [0.2, 0.25) is 4.47 Å². The van der Waals surface area contributed by atoms with Gasteiger partial charge in [0.15, 0.2) is 4.47 Å². The number of aliphatic hydroxyl groups is 1. The number of hydrogen-bond acceptors (Lipinski definition) is 7. The second kappa shape index (κ2) is 9.36. The first kappa shape index (κ1) is 21.9. The van der Waals surface area contributed by atoms with Crippen LogP contribution in [-0.2, 0) is 26.5 Å². The number of thiazole rings is 1. The maximum Gasteiger partial charge on any atom is 0.330 e. The number of nitrogens with zero attached hydrogens (tertiary/aromatic N) is 2. The summed E-state index contributed by atoms with van der Waals surface area (Å²) in [6, 6.07) is 8.34. The van der Waals surface area contributed by atoms with E-state index in [1.54, 1.807) is 5.38 Å². The summed E-state index contributed by atoms with van der Waals surface area (Å²) in [7, 11) is 1.37. The van der Waals surface area contributed by atoms with Gasteiger partial charge in [0.2, 0.25) is 5.79 Å². The third-order valence-electron chi connectivity index (χ3n) is 5.11. The molecule has 1 aromatic heterocycles. The predicted molar refractivity (Wildman–Crippen MR) is 114 cm³/mol. The number of benzene rings is 1. The van der Waals surface area contributed by atoms with Gasteiger partial charge in [0, 0.05) is 24.0 Å². The fourth-order valence-corrected chi connectivity index (χ4v) is 4.21. The molecule has 156 valence electrons. The molecule has 8 heteroatoms. The monoisotopic (exact) mass is 436 g/mol. The third-order valence-corrected chi connectivity index (χ3v) is 6.09. The maximum atomic E-state index is 11.4. The summed E-state index contributed by atoms with van der Waals surface area (Å²) >= 11 is 7.20. The quantitative estimate of drug-likeness (QED) is 0.552. The molecule has 0 spiro atoms. The van der Waals surface area contributed by atoms with Crippen LogP contribution in [0.15, 0.2) is 35.7 Å². The first-order valence-corrected chi connectivity index (χ1v) is 10.6. The number of β-amino-alcohol motifs (C(OH)–C–C–N with tert-alkyl or cyclic N) is 1. The summed E-state index contributed by atoms with van der Waals surface area (Å²) < 4.78 is 10.7. The molecule has 0 amide bonds. The van der Waals surface area contributed by atoms with E-state index in [9.17, 15) is 9.90 Å². The normalized spacial score (nSPS) is 21.8. The average molecular weight is 437 g/mol. The molecule has 1 saturated heterocycles. The molecule has 1 aromatic carbocycles. The minimum Gasteiger partial charge on any atom is -0.466 e. The standard InChI is InChI=1S/C21H25ClN2O4S/c1-14(10-19(25)27-3)17-6-4-16(5-7-17)11-15(2)24-8-9-28-21(26,13-24)18-12-29-20(22)23-18/h4-7,10,12,15,26H,8-9,11,13H2,1-3H3. The van der Waals surface area contributed by atoms with Gasteiger partial charge in [-0.1, -0.05) is 35.9 Å². The van der Waals surface area contributed by atoms with Crippen LogP contribution in [0, 0.1) is 0 Å². The predicted octanol–water partition coefficient (Wildman–Crippen LogP) is 3.48. The molecule has 0 radical (unpaired) electrons. The van der Waals surface area contributed by atoms with Gasteiger partial charge in [-0.2, -0.15) is 0 Å². The van der Waals surface area contributed by atoms with Gasteiger partial charge in [-0.3, -0.25) is 4.90 Å². The molecule has 6 nitrogen and oxygen atoms in total. The van der Waals surface area contributed by atoms with Crippen LogP contribution in [-0.4, -0.2) is 53.8 Å². The highest BCUT2D eigenvalue weighted by Gasteiger charge is 2.39. The van der Waals surface area contributed by atoms with Crippen LogP contribution in [0.3, 0.4) is 0 Å². The fraction of sp³-hybridized carbons (Fsp3) is 0.429. The average Bonchev–Trinajstić information content (AvgIpc) is 3.15. The van der Waals surface area contributed by atoms with E-state index < -0.39 is 5.79 Å². The number of hydrogen-bond donors (Lipinski definition) is 1. The van der Waals surface area contributed by atoms with Crippen molar-refractivity contribution in [3.05, 3.63) is 57.0 Å². The Labute approximate surface area is 179 Å². The lowest BCUT2D eigenvalue weighted by Gasteiger charge is -2.41. The summed E-state index contributed by atoms with van der Waals surface area (Å²) in [6.07, 6.45) is 2.31. The van der Waals surface area contributed by atoms with E-state index in [4.69, 9.17) is 16.3 Å². The van der Waals surface area contributed by atoms with Crippen LogP contribution >= 0.6 is 22.9 Å². The number of halogens is 1. The molecular formula is C21H25ClN2O4S. The molecule has 3 rings (SSSR count). The van der Waals surface area contributed by atoms with E-state index in [2.05, 4.69) is 33.7 Å². The van der Waals surface area contributed by atoms with E-state index in [0.29, 0.717) is 23.3 Å². The van der Waals surface area contributed by atoms with Gasteiger partial charge in [-0.05, 0) is 37.0 Å². The molecule has 0 bridgehead atoms. The van der Waals surface area contributed by atoms with E-state index in [1.807, 2.05) is 19.1 Å². The summed E-state index contributed by atoms with van der Waals surface area (Å²) in [6.45, 7) is 5.52. The van der Waals surface area contributed by atoms with Gasteiger partial charge in [-0.15, -0.1) is 11.3 Å². The molecule has 2 heterocycles. The molecule has 2 unspecified atom stereocenters. The van der Waals surface area contributed by atoms with Crippen molar-refractivity contribution in [1.29, 1.82) is 0 Å². The van der Waals surface area contributed by atoms with E-state index in [1.165, 1.54) is 30.1 Å². The summed E-state index contributed by atoms with van der Waals surface area (Å²) in [4.78, 5) is 17.8. The molecule has 2 atom stereocenters. The van der Waals surface area contributed by atoms with Gasteiger partial charge >= 0.3 is 5.97 Å². The highest BCUT2D eigenvalue weighted by atomic mass is 35.5. The maximum absolute atomic E-state index is 11.4. The van der Waals surface area contributed by atoms with Gasteiger partial charge in [0.25, 0.3) is 0 Å². The Morgan fingerprint density at radius 2 is 2.21 bits per heavy atom. The first-order valence-electron chi connectivity index (χ1n) is 9.38. The Morgan fingerprint density at radius 3 is 2.83 bits per heavy atom. The van der Waals surface area contributed by atoms with Crippen LogP contribution in [0.1, 0.15) is 30.7 Å². The molecule has 1 fully saturated rings. The van der Waals surface area contributed by atoms with Crippen molar-refractivity contribution >= 4 is 34.5 Å². The van der Waals surface area contributed by atoms with Gasteiger partial charge in [0.05, 0.1) is 20.3 Å². The number of carbonyl (C=O) groups excluding carboxylic acids is 1. The second-order valence-corrected chi connectivity index (χ2v) is 8.63. The van der Waals surface area contributed by atoms with Gasteiger partial charge in [0.1, 0.15) is 5.69 Å². The number of rotatable bonds is 6. The molecule has 1 aliphatic heterocycles. The minimum atomic E-state index is -1.43. The highest BCUT2D eigenvalue weighted by molar-refractivity contribution is 7.13. The zero-order valence-corrected chi connectivity index (χ0v) is 18.3. The Bertz CT molecular complexity index is 883. The van der Waals surface area contributed by atoms with Gasteiger partial charge in [-0.25, -0.2) is 9.78 Å². The van der Waals surface area contributed by atoms with Crippen molar-refractivity contribution in [2.24, 2.45) is 0 Å². The Morgan fingerprint density at radius 1 is 1.48 bits per heavy atom. The SMILES string of the molecule is COC(=O)C=C(C)c1ccc(CC(C)N2CCOC(O)(c3csc(Cl)n3)C2)cc1. The molecule has 1 N–H and O–H groups in total. The smallest absolute Gasteiger partial charge is 0.330 e. The third kappa shape index (κ3) is 5.43. The van der Waals surface area contributed by atoms with Crippen LogP contribution < -0.4 is 0 Å². The lowest BCUT2D eigenvalue weighted by molar-refractivity contribution is -0.253. The lowest BCUT2D eigenvalue weighted by atomic mass is 10.00. The van der Waals surface area contributed by atoms with E-state index in [-0.39, 0.29) is 12.0 Å². The number of morpholine rings is 1. The number of methoxy groups -OCH3 is 1. The number of carbonyl (C=O) groups is 1. The molecule has 1 aliphatic rings. The number of ether oxygens (including phenoxy) is 2. The summed E-state index contributed by atoms with van der Waals surface area (Å²) in [5.74, 6) is -1.79. The number of allylic oxidation sites excluding steroid dienone is 1. The summed E-state index contributed by atoms with van der Waals surface area (Å²) in [5.41, 5.74) is 3.48. The van der Waals surface area contributed by atoms with Crippen molar-refractivity contribution in [3.63, 3.8) is 0 Å². The largest absolute Gasteiger partial charge is 0.466 e. The van der Waals surface area contributed by atoms with Crippen molar-refractivity contribution in [1.82, 2.24) is 9.88 Å². The molecule has 2 aromatic rings. The van der Waals surface area contributed by atoms with Crippen LogP contribution in [0.4, 0.5) is 0 Å². The van der Waals surface area contributed by atoms with Crippen LogP contribution in [0.5, 0.6) is 0 Å². The first-order chi connectivity index (χ1) is 13.8. The number of aromatic nitrogens is 1. The van der Waals surface area contributed by atoms with Crippen molar-refractivity contribution in [2.75, 3.05) is 26.8 Å². The highest BCUT2D eigenvalue weighted by Crippen LogP contribution is 2.31. The Kier molecular flexibility index (Phi) is 7.08. The molecule has 0 saturated carbocycles. The molecular weight excluding hydrogens is 412 g/mol. The zero-order chi connectivity index (χ0) is 21.0. The van der Waals surface area contributed by atoms with Crippen molar-refractivity contribution in [2.45, 2.75) is 32.1 Å². The Balaban J connectivity index is 1.64. The van der Waals surface area contributed by atoms with Crippen LogP contribution in [0.25, 0.3) is 5.57 Å². The second-order valence-electron chi connectivity index (χ2n) is 7.19. The minimum absolute atomic E-state index is 0.206.